The highest BCUT2D eigenvalue weighted by Crippen LogP contribution is 2.32. The number of aromatic nitrogens is 4. The molecule has 192 valence electrons. The molecule has 0 spiro atoms. The summed E-state index contributed by atoms with van der Waals surface area (Å²) in [5, 5.41) is 6.41. The Labute approximate surface area is 212 Å². The van der Waals surface area contributed by atoms with Gasteiger partial charge in [-0.25, -0.2) is 19.2 Å². The standard InChI is InChI=1S/C26H28FN7O3/c27-18-8-6-17(7-9-18)22-23(34-13-15-37-26(34)32-22)20-10-11-28-24(30-20)29-19-4-3-12-33(16-19)25(35)31-21-5-1-2-14-36-21/h6-11,13,15,19,21H,1-5,12,14,16H2,(H,31,35)(H,28,29,30)/t19-,21?/m1/s1. The van der Waals surface area contributed by atoms with E-state index in [9.17, 15) is 9.18 Å². The second kappa shape index (κ2) is 10.2. The van der Waals surface area contributed by atoms with Crippen LogP contribution in [0.15, 0.2) is 53.4 Å². The maximum Gasteiger partial charge on any atom is 0.319 e. The van der Waals surface area contributed by atoms with E-state index in [0.717, 1.165) is 43.4 Å². The number of oxazole rings is 1. The fraction of sp³-hybridized carbons (Fsp3) is 0.385. The minimum absolute atomic E-state index is 0.0120. The van der Waals surface area contributed by atoms with E-state index in [4.69, 9.17) is 14.1 Å². The van der Waals surface area contributed by atoms with Gasteiger partial charge in [-0.05, 0) is 62.4 Å². The molecule has 0 bridgehead atoms. The highest BCUT2D eigenvalue weighted by molar-refractivity contribution is 5.79. The lowest BCUT2D eigenvalue weighted by molar-refractivity contribution is -0.00117. The molecule has 37 heavy (non-hydrogen) atoms. The smallest absolute Gasteiger partial charge is 0.319 e. The first kappa shape index (κ1) is 23.4. The Morgan fingerprint density at radius 1 is 1.08 bits per heavy atom. The van der Waals surface area contributed by atoms with Crippen molar-refractivity contribution in [1.82, 2.24) is 29.6 Å². The minimum Gasteiger partial charge on any atom is -0.432 e. The number of amides is 2. The molecular formula is C26H28FN7O3. The molecule has 1 aromatic carbocycles. The van der Waals surface area contributed by atoms with Crippen molar-refractivity contribution >= 4 is 17.8 Å². The Hall–Kier alpha value is -3.99. The summed E-state index contributed by atoms with van der Waals surface area (Å²) in [6.45, 7) is 1.94. The van der Waals surface area contributed by atoms with Crippen LogP contribution in [0.5, 0.6) is 0 Å². The fourth-order valence-electron chi connectivity index (χ4n) is 4.95. The number of piperidine rings is 1. The number of anilines is 1. The van der Waals surface area contributed by atoms with Crippen molar-refractivity contribution in [1.29, 1.82) is 0 Å². The zero-order chi connectivity index (χ0) is 25.2. The van der Waals surface area contributed by atoms with Gasteiger partial charge in [-0.3, -0.25) is 4.40 Å². The number of nitrogens with one attached hydrogen (secondary N) is 2. The highest BCUT2D eigenvalue weighted by atomic mass is 19.1. The number of rotatable bonds is 5. The van der Waals surface area contributed by atoms with Gasteiger partial charge in [-0.2, -0.15) is 4.98 Å². The zero-order valence-corrected chi connectivity index (χ0v) is 20.3. The monoisotopic (exact) mass is 505 g/mol. The van der Waals surface area contributed by atoms with Crippen molar-refractivity contribution < 1.29 is 18.3 Å². The first-order valence-corrected chi connectivity index (χ1v) is 12.6. The van der Waals surface area contributed by atoms with E-state index in [1.165, 1.54) is 12.1 Å². The van der Waals surface area contributed by atoms with Crippen LogP contribution in [0.4, 0.5) is 15.1 Å². The SMILES string of the molecule is O=C(NC1CCCCO1)N1CCC[C@@H](Nc2nccc(-c3c(-c4ccc(F)cc4)nc4occn34)n2)C1. The average Bonchev–Trinajstić information content (AvgIpc) is 3.52. The first-order chi connectivity index (χ1) is 18.1. The van der Waals surface area contributed by atoms with Crippen LogP contribution < -0.4 is 10.6 Å². The number of benzene rings is 1. The Balaban J connectivity index is 1.20. The predicted octanol–water partition coefficient (Wildman–Crippen LogP) is 4.30. The number of ether oxygens (including phenoxy) is 1. The van der Waals surface area contributed by atoms with E-state index in [2.05, 4.69) is 20.6 Å². The summed E-state index contributed by atoms with van der Waals surface area (Å²) in [5.41, 5.74) is 2.75. The lowest BCUT2D eigenvalue weighted by atomic mass is 10.1. The number of imidazole rings is 1. The van der Waals surface area contributed by atoms with Gasteiger partial charge in [0.05, 0.1) is 5.69 Å². The van der Waals surface area contributed by atoms with Gasteiger partial charge in [0.2, 0.25) is 5.95 Å². The van der Waals surface area contributed by atoms with Gasteiger partial charge in [0, 0.05) is 43.7 Å². The van der Waals surface area contributed by atoms with Crippen LogP contribution in [0, 0.1) is 5.82 Å². The molecular weight excluding hydrogens is 477 g/mol. The minimum atomic E-state index is -0.316. The normalized spacial score (nSPS) is 20.2. The highest BCUT2D eigenvalue weighted by Gasteiger charge is 2.27. The van der Waals surface area contributed by atoms with Crippen LogP contribution >= 0.6 is 0 Å². The number of nitrogens with zero attached hydrogens (tertiary/aromatic N) is 5. The van der Waals surface area contributed by atoms with Crippen LogP contribution in [0.3, 0.4) is 0 Å². The predicted molar refractivity (Wildman–Crippen MR) is 134 cm³/mol. The summed E-state index contributed by atoms with van der Waals surface area (Å²) in [6, 6.07) is 7.88. The molecule has 2 saturated heterocycles. The summed E-state index contributed by atoms with van der Waals surface area (Å²) in [6.07, 6.45) is 9.53. The third kappa shape index (κ3) is 4.99. The van der Waals surface area contributed by atoms with Gasteiger partial charge < -0.3 is 24.7 Å². The number of fused-ring (bicyclic) bond motifs is 1. The first-order valence-electron chi connectivity index (χ1n) is 12.6. The summed E-state index contributed by atoms with van der Waals surface area (Å²) in [4.78, 5) is 28.4. The van der Waals surface area contributed by atoms with Gasteiger partial charge in [-0.1, -0.05) is 0 Å². The molecule has 2 amide bonds. The summed E-state index contributed by atoms with van der Waals surface area (Å²) in [5.74, 6) is 0.561. The Bertz CT molecular complexity index is 1380. The second-order valence-electron chi connectivity index (χ2n) is 9.37. The zero-order valence-electron chi connectivity index (χ0n) is 20.3. The number of halogens is 1. The van der Waals surface area contributed by atoms with E-state index in [1.807, 2.05) is 9.30 Å². The largest absolute Gasteiger partial charge is 0.432 e. The van der Waals surface area contributed by atoms with E-state index in [-0.39, 0.29) is 24.1 Å². The molecule has 2 aliphatic heterocycles. The van der Waals surface area contributed by atoms with Gasteiger partial charge >= 0.3 is 11.9 Å². The summed E-state index contributed by atoms with van der Waals surface area (Å²) >= 11 is 0. The Kier molecular flexibility index (Phi) is 6.44. The number of carbonyl (C=O) groups excluding carboxylic acids is 1. The molecule has 3 aromatic heterocycles. The number of hydrogen-bond acceptors (Lipinski definition) is 7. The lowest BCUT2D eigenvalue weighted by Crippen LogP contribution is -2.52. The second-order valence-corrected chi connectivity index (χ2v) is 9.37. The number of hydrogen-bond donors (Lipinski definition) is 2. The average molecular weight is 506 g/mol. The molecule has 0 aliphatic carbocycles. The molecule has 2 aliphatic rings. The van der Waals surface area contributed by atoms with E-state index in [1.54, 1.807) is 36.9 Å². The summed E-state index contributed by atoms with van der Waals surface area (Å²) < 4.78 is 26.5. The van der Waals surface area contributed by atoms with Crippen LogP contribution in [-0.4, -0.2) is 62.2 Å². The van der Waals surface area contributed by atoms with Gasteiger partial charge in [-0.15, -0.1) is 0 Å². The number of carbonyl (C=O) groups is 1. The van der Waals surface area contributed by atoms with Crippen LogP contribution in [0.25, 0.3) is 28.5 Å². The van der Waals surface area contributed by atoms with Crippen molar-refractivity contribution in [3.8, 4) is 22.6 Å². The van der Waals surface area contributed by atoms with Gasteiger partial charge in [0.1, 0.15) is 29.7 Å². The molecule has 1 unspecified atom stereocenters. The Morgan fingerprint density at radius 3 is 2.81 bits per heavy atom. The molecule has 6 rings (SSSR count). The molecule has 0 radical (unpaired) electrons. The van der Waals surface area contributed by atoms with Crippen molar-refractivity contribution in [3.05, 3.63) is 54.8 Å². The number of urea groups is 1. The van der Waals surface area contributed by atoms with Crippen molar-refractivity contribution in [2.45, 2.75) is 44.4 Å². The maximum atomic E-state index is 13.5. The molecule has 2 atom stereocenters. The molecule has 2 fully saturated rings. The van der Waals surface area contributed by atoms with Crippen molar-refractivity contribution in [2.24, 2.45) is 0 Å². The molecule has 2 N–H and O–H groups in total. The van der Waals surface area contributed by atoms with Crippen molar-refractivity contribution in [3.63, 3.8) is 0 Å². The number of likely N-dealkylation sites (tertiary alicyclic amines) is 1. The third-order valence-corrected chi connectivity index (χ3v) is 6.78. The van der Waals surface area contributed by atoms with Gasteiger partial charge in [0.15, 0.2) is 0 Å². The molecule has 5 heterocycles. The van der Waals surface area contributed by atoms with Crippen LogP contribution in [0.2, 0.25) is 0 Å². The lowest BCUT2D eigenvalue weighted by Gasteiger charge is -2.34. The fourth-order valence-corrected chi connectivity index (χ4v) is 4.95. The maximum absolute atomic E-state index is 13.5. The quantitative estimate of drug-likeness (QED) is 0.416. The molecule has 4 aromatic rings. The topological polar surface area (TPSA) is 110 Å². The van der Waals surface area contributed by atoms with Crippen molar-refractivity contribution in [2.75, 3.05) is 25.0 Å². The van der Waals surface area contributed by atoms with E-state index in [0.29, 0.717) is 42.9 Å². The molecule has 11 heteroatoms. The van der Waals surface area contributed by atoms with E-state index >= 15 is 0 Å². The van der Waals surface area contributed by atoms with Crippen LogP contribution in [-0.2, 0) is 4.74 Å². The van der Waals surface area contributed by atoms with Gasteiger partial charge in [0.25, 0.3) is 0 Å². The third-order valence-electron chi connectivity index (χ3n) is 6.78. The molecule has 10 nitrogen and oxygen atoms in total. The van der Waals surface area contributed by atoms with Crippen LogP contribution in [0.1, 0.15) is 32.1 Å². The Morgan fingerprint density at radius 2 is 1.97 bits per heavy atom. The summed E-state index contributed by atoms with van der Waals surface area (Å²) in [7, 11) is 0. The molecule has 0 saturated carbocycles. The van der Waals surface area contributed by atoms with E-state index < -0.39 is 0 Å².